The van der Waals surface area contributed by atoms with Crippen molar-refractivity contribution in [3.63, 3.8) is 0 Å². The Hall–Kier alpha value is -3.65. The molecule has 0 spiro atoms. The standard InChI is InChI=1S/C19H14ClN3O5/c1-27-18-8-6-12(10-15(18)20)17-9-7-13(28-17)11-21-22-19(24)14-4-2-3-5-16(14)23(25)26/h2-11H,1H3,(H,22,24)/b21-11+. The van der Waals surface area contributed by atoms with Crippen LogP contribution in [0.4, 0.5) is 5.69 Å². The number of para-hydroxylation sites is 1. The zero-order chi connectivity index (χ0) is 20.1. The molecule has 0 aliphatic carbocycles. The fourth-order valence-electron chi connectivity index (χ4n) is 2.44. The maximum Gasteiger partial charge on any atom is 0.282 e. The van der Waals surface area contributed by atoms with Crippen LogP contribution in [0.5, 0.6) is 5.75 Å². The van der Waals surface area contributed by atoms with Gasteiger partial charge in [0, 0.05) is 11.6 Å². The number of hydrazone groups is 1. The smallest absolute Gasteiger partial charge is 0.282 e. The van der Waals surface area contributed by atoms with E-state index in [4.69, 9.17) is 20.8 Å². The molecule has 0 unspecified atom stereocenters. The molecule has 2 aromatic carbocycles. The van der Waals surface area contributed by atoms with Crippen LogP contribution in [0.1, 0.15) is 16.1 Å². The molecule has 0 saturated heterocycles. The van der Waals surface area contributed by atoms with Crippen molar-refractivity contribution >= 4 is 29.4 Å². The average molecular weight is 400 g/mol. The largest absolute Gasteiger partial charge is 0.495 e. The van der Waals surface area contributed by atoms with Gasteiger partial charge in [0.1, 0.15) is 22.8 Å². The average Bonchev–Trinajstić information content (AvgIpc) is 3.16. The summed E-state index contributed by atoms with van der Waals surface area (Å²) in [6, 6.07) is 14.2. The van der Waals surface area contributed by atoms with Crippen molar-refractivity contribution in [2.75, 3.05) is 7.11 Å². The van der Waals surface area contributed by atoms with Gasteiger partial charge in [-0.2, -0.15) is 5.10 Å². The number of benzene rings is 2. The van der Waals surface area contributed by atoms with Gasteiger partial charge in [-0.25, -0.2) is 5.43 Å². The molecule has 0 bridgehead atoms. The van der Waals surface area contributed by atoms with Gasteiger partial charge in [0.05, 0.1) is 23.3 Å². The highest BCUT2D eigenvalue weighted by molar-refractivity contribution is 6.32. The number of furan rings is 1. The van der Waals surface area contributed by atoms with Crippen molar-refractivity contribution in [1.29, 1.82) is 0 Å². The molecule has 0 radical (unpaired) electrons. The van der Waals surface area contributed by atoms with Gasteiger partial charge in [-0.15, -0.1) is 0 Å². The molecule has 0 aliphatic heterocycles. The summed E-state index contributed by atoms with van der Waals surface area (Å²) in [5.41, 5.74) is 2.60. The van der Waals surface area contributed by atoms with E-state index in [-0.39, 0.29) is 11.3 Å². The minimum atomic E-state index is -0.697. The molecule has 3 rings (SSSR count). The molecule has 9 heteroatoms. The van der Waals surface area contributed by atoms with Gasteiger partial charge in [0.25, 0.3) is 11.6 Å². The van der Waals surface area contributed by atoms with E-state index >= 15 is 0 Å². The van der Waals surface area contributed by atoms with Crippen molar-refractivity contribution in [2.24, 2.45) is 5.10 Å². The molecule has 0 fully saturated rings. The Morgan fingerprint density at radius 3 is 2.75 bits per heavy atom. The summed E-state index contributed by atoms with van der Waals surface area (Å²) >= 11 is 6.11. The molecule has 1 N–H and O–H groups in total. The maximum atomic E-state index is 12.1. The number of carbonyl (C=O) groups is 1. The second kappa shape index (κ2) is 8.36. The first kappa shape index (κ1) is 19.1. The number of amides is 1. The van der Waals surface area contributed by atoms with E-state index < -0.39 is 10.8 Å². The minimum absolute atomic E-state index is 0.0855. The summed E-state index contributed by atoms with van der Waals surface area (Å²) in [6.07, 6.45) is 1.29. The van der Waals surface area contributed by atoms with Crippen LogP contribution in [-0.2, 0) is 0 Å². The van der Waals surface area contributed by atoms with Gasteiger partial charge >= 0.3 is 0 Å². The van der Waals surface area contributed by atoms with E-state index in [2.05, 4.69) is 10.5 Å². The van der Waals surface area contributed by atoms with Crippen LogP contribution in [0.2, 0.25) is 5.02 Å². The first-order chi connectivity index (χ1) is 13.5. The van der Waals surface area contributed by atoms with E-state index in [1.54, 1.807) is 30.3 Å². The maximum absolute atomic E-state index is 12.1. The molecule has 1 aromatic heterocycles. The second-order valence-electron chi connectivity index (χ2n) is 5.52. The van der Waals surface area contributed by atoms with E-state index in [1.807, 2.05) is 0 Å². The Morgan fingerprint density at radius 2 is 2.04 bits per heavy atom. The highest BCUT2D eigenvalue weighted by Crippen LogP contribution is 2.30. The lowest BCUT2D eigenvalue weighted by molar-refractivity contribution is -0.385. The normalized spacial score (nSPS) is 10.8. The van der Waals surface area contributed by atoms with Crippen LogP contribution in [0.15, 0.2) is 64.1 Å². The van der Waals surface area contributed by atoms with Gasteiger partial charge in [0.15, 0.2) is 0 Å². The Bertz CT molecular complexity index is 1060. The molecular formula is C19H14ClN3O5. The van der Waals surface area contributed by atoms with Gasteiger partial charge in [-0.1, -0.05) is 23.7 Å². The van der Waals surface area contributed by atoms with E-state index in [0.717, 1.165) is 5.56 Å². The number of ether oxygens (including phenoxy) is 1. The number of methoxy groups -OCH3 is 1. The summed E-state index contributed by atoms with van der Waals surface area (Å²) in [7, 11) is 1.53. The number of hydrogen-bond donors (Lipinski definition) is 1. The molecule has 142 valence electrons. The summed E-state index contributed by atoms with van der Waals surface area (Å²) in [5, 5.41) is 15.2. The van der Waals surface area contributed by atoms with Crippen molar-refractivity contribution in [1.82, 2.24) is 5.43 Å². The lowest BCUT2D eigenvalue weighted by Gasteiger charge is -2.04. The van der Waals surface area contributed by atoms with Crippen LogP contribution in [0.3, 0.4) is 0 Å². The molecule has 0 atom stereocenters. The summed E-state index contributed by atoms with van der Waals surface area (Å²) in [4.78, 5) is 22.4. The zero-order valence-corrected chi connectivity index (χ0v) is 15.3. The van der Waals surface area contributed by atoms with Crippen molar-refractivity contribution in [3.8, 4) is 17.1 Å². The molecule has 1 heterocycles. The predicted octanol–water partition coefficient (Wildman–Crippen LogP) is 4.28. The molecular weight excluding hydrogens is 386 g/mol. The van der Waals surface area contributed by atoms with E-state index in [9.17, 15) is 14.9 Å². The molecule has 8 nitrogen and oxygen atoms in total. The van der Waals surface area contributed by atoms with E-state index in [1.165, 1.54) is 37.6 Å². The van der Waals surface area contributed by atoms with Gasteiger partial charge < -0.3 is 9.15 Å². The number of rotatable bonds is 6. The lowest BCUT2D eigenvalue weighted by atomic mass is 10.2. The number of nitrogens with zero attached hydrogens (tertiary/aromatic N) is 2. The number of nitrogens with one attached hydrogen (secondary N) is 1. The van der Waals surface area contributed by atoms with Crippen molar-refractivity contribution in [2.45, 2.75) is 0 Å². The van der Waals surface area contributed by atoms with Crippen LogP contribution in [0, 0.1) is 10.1 Å². The monoisotopic (exact) mass is 399 g/mol. The number of carbonyl (C=O) groups excluding carboxylic acids is 1. The SMILES string of the molecule is COc1ccc(-c2ccc(/C=N/NC(=O)c3ccccc3[N+](=O)[O-])o2)cc1Cl. The number of nitro benzene ring substituents is 1. The van der Waals surface area contributed by atoms with Crippen molar-refractivity contribution in [3.05, 3.63) is 81.1 Å². The van der Waals surface area contributed by atoms with E-state index in [0.29, 0.717) is 22.3 Å². The third-order valence-electron chi connectivity index (χ3n) is 3.77. The van der Waals surface area contributed by atoms with Gasteiger partial charge in [-0.3, -0.25) is 14.9 Å². The molecule has 28 heavy (non-hydrogen) atoms. The summed E-state index contributed by atoms with van der Waals surface area (Å²) in [6.45, 7) is 0. The Balaban J connectivity index is 1.70. The zero-order valence-electron chi connectivity index (χ0n) is 14.6. The van der Waals surface area contributed by atoms with Crippen LogP contribution in [0.25, 0.3) is 11.3 Å². The van der Waals surface area contributed by atoms with Crippen molar-refractivity contribution < 1.29 is 18.9 Å². The highest BCUT2D eigenvalue weighted by Gasteiger charge is 2.18. The third-order valence-corrected chi connectivity index (χ3v) is 4.06. The minimum Gasteiger partial charge on any atom is -0.495 e. The fourth-order valence-corrected chi connectivity index (χ4v) is 2.69. The quantitative estimate of drug-likeness (QED) is 0.378. The Kier molecular flexibility index (Phi) is 5.71. The first-order valence-electron chi connectivity index (χ1n) is 8.00. The number of halogens is 1. The summed E-state index contributed by atoms with van der Waals surface area (Å²) in [5.74, 6) is 0.787. The Labute approximate surface area is 164 Å². The third kappa shape index (κ3) is 4.18. The topological polar surface area (TPSA) is 107 Å². The predicted molar refractivity (Wildman–Crippen MR) is 104 cm³/mol. The molecule has 0 aliphatic rings. The first-order valence-corrected chi connectivity index (χ1v) is 8.38. The summed E-state index contributed by atoms with van der Waals surface area (Å²) < 4.78 is 10.7. The Morgan fingerprint density at radius 1 is 1.25 bits per heavy atom. The highest BCUT2D eigenvalue weighted by atomic mass is 35.5. The van der Waals surface area contributed by atoms with Crippen LogP contribution in [-0.4, -0.2) is 24.2 Å². The van der Waals surface area contributed by atoms with Gasteiger partial charge in [-0.05, 0) is 36.4 Å². The number of nitro groups is 1. The fraction of sp³-hybridized carbons (Fsp3) is 0.0526. The molecule has 1 amide bonds. The van der Waals surface area contributed by atoms with Gasteiger partial charge in [0.2, 0.25) is 0 Å². The lowest BCUT2D eigenvalue weighted by Crippen LogP contribution is -2.18. The van der Waals surface area contributed by atoms with Crippen LogP contribution < -0.4 is 10.2 Å². The van der Waals surface area contributed by atoms with Crippen LogP contribution >= 0.6 is 11.6 Å². The molecule has 0 saturated carbocycles. The molecule has 3 aromatic rings. The second-order valence-corrected chi connectivity index (χ2v) is 5.93. The number of hydrogen-bond acceptors (Lipinski definition) is 6.